The zero-order valence-corrected chi connectivity index (χ0v) is 14.4. The zero-order valence-electron chi connectivity index (χ0n) is 14.4. The Kier molecular flexibility index (Phi) is 4.47. The molecule has 0 radical (unpaired) electrons. The predicted molar refractivity (Wildman–Crippen MR) is 91.5 cm³/mol. The highest BCUT2D eigenvalue weighted by Gasteiger charge is 2.38. The largest absolute Gasteiger partial charge is 0.440 e. The van der Waals surface area contributed by atoms with Gasteiger partial charge in [0.25, 0.3) is 0 Å². The fourth-order valence-electron chi connectivity index (χ4n) is 3.03. The first-order chi connectivity index (χ1) is 12.6. The average molecular weight is 377 g/mol. The van der Waals surface area contributed by atoms with Gasteiger partial charge < -0.3 is 15.4 Å². The van der Waals surface area contributed by atoms with E-state index in [1.165, 1.54) is 6.07 Å². The number of allylic oxidation sites excluding steroid dienone is 1. The molecule has 0 bridgehead atoms. The lowest BCUT2D eigenvalue weighted by atomic mass is 9.82. The van der Waals surface area contributed by atoms with Crippen LogP contribution in [-0.2, 0) is 6.18 Å². The molecule has 0 saturated carbocycles. The van der Waals surface area contributed by atoms with Gasteiger partial charge in [-0.3, -0.25) is 0 Å². The number of fused-ring (bicyclic) bond motifs is 1. The van der Waals surface area contributed by atoms with Gasteiger partial charge in [0.2, 0.25) is 5.88 Å². The lowest BCUT2D eigenvalue weighted by molar-refractivity contribution is -0.140. The summed E-state index contributed by atoms with van der Waals surface area (Å²) in [6.45, 7) is 0. The van der Waals surface area contributed by atoms with Crippen LogP contribution in [0.1, 0.15) is 22.6 Å². The Morgan fingerprint density at radius 1 is 1.15 bits per heavy atom. The van der Waals surface area contributed by atoms with Crippen molar-refractivity contribution in [1.29, 1.82) is 5.26 Å². The molecule has 1 atom stereocenters. The van der Waals surface area contributed by atoms with E-state index in [4.69, 9.17) is 10.5 Å². The number of ether oxygens (including phenoxy) is 1. The summed E-state index contributed by atoms with van der Waals surface area (Å²) in [7, 11) is 3.60. The summed E-state index contributed by atoms with van der Waals surface area (Å²) < 4.78 is 59.6. The molecule has 1 aliphatic rings. The summed E-state index contributed by atoms with van der Waals surface area (Å²) in [6.07, 6.45) is -4.86. The molecular formula is C19H15F4N3O. The van der Waals surface area contributed by atoms with Crippen molar-refractivity contribution in [3.05, 3.63) is 70.4 Å². The van der Waals surface area contributed by atoms with Gasteiger partial charge in [-0.05, 0) is 12.1 Å². The van der Waals surface area contributed by atoms with Gasteiger partial charge in [0.15, 0.2) is 0 Å². The molecule has 0 aliphatic carbocycles. The van der Waals surface area contributed by atoms with E-state index >= 15 is 0 Å². The van der Waals surface area contributed by atoms with E-state index in [2.05, 4.69) is 0 Å². The van der Waals surface area contributed by atoms with Crippen molar-refractivity contribution in [1.82, 2.24) is 0 Å². The molecule has 1 heterocycles. The SMILES string of the molecule is CN(C)c1ccc2c(c1)OC(N)=C(C#N)C2c1cccc(C(F)(F)F)c1F. The van der Waals surface area contributed by atoms with Gasteiger partial charge in [0.1, 0.15) is 23.2 Å². The lowest BCUT2D eigenvalue weighted by Crippen LogP contribution is -2.23. The van der Waals surface area contributed by atoms with Crippen LogP contribution in [-0.4, -0.2) is 14.1 Å². The third-order valence-corrected chi connectivity index (χ3v) is 4.36. The molecule has 4 nitrogen and oxygen atoms in total. The fraction of sp³-hybridized carbons (Fsp3) is 0.211. The standard InChI is InChI=1S/C19H15F4N3O/c1-26(2)10-6-7-11-15(8-10)27-18(25)13(9-24)16(11)12-4-3-5-14(17(12)20)19(21,22)23/h3-8,16H,25H2,1-2H3. The van der Waals surface area contributed by atoms with Crippen molar-refractivity contribution in [3.8, 4) is 11.8 Å². The average Bonchev–Trinajstić information content (AvgIpc) is 2.59. The van der Waals surface area contributed by atoms with Crippen molar-refractivity contribution >= 4 is 5.69 Å². The molecule has 1 unspecified atom stereocenters. The monoisotopic (exact) mass is 377 g/mol. The van der Waals surface area contributed by atoms with Crippen molar-refractivity contribution in [2.75, 3.05) is 19.0 Å². The smallest absolute Gasteiger partial charge is 0.419 e. The van der Waals surface area contributed by atoms with E-state index < -0.39 is 23.5 Å². The molecule has 0 aromatic heterocycles. The number of rotatable bonds is 2. The molecule has 2 aromatic carbocycles. The van der Waals surface area contributed by atoms with Crippen LogP contribution in [0.5, 0.6) is 5.75 Å². The highest BCUT2D eigenvalue weighted by atomic mass is 19.4. The first-order valence-electron chi connectivity index (χ1n) is 7.89. The summed E-state index contributed by atoms with van der Waals surface area (Å²) in [5.74, 6) is -2.53. The van der Waals surface area contributed by atoms with E-state index in [0.717, 1.165) is 11.8 Å². The van der Waals surface area contributed by atoms with Crippen LogP contribution in [0.3, 0.4) is 0 Å². The summed E-state index contributed by atoms with van der Waals surface area (Å²) in [4.78, 5) is 1.79. The molecule has 140 valence electrons. The van der Waals surface area contributed by atoms with E-state index in [-0.39, 0.29) is 22.8 Å². The van der Waals surface area contributed by atoms with E-state index in [1.807, 2.05) is 6.07 Å². The van der Waals surface area contributed by atoms with E-state index in [1.54, 1.807) is 37.2 Å². The Bertz CT molecular complexity index is 974. The van der Waals surface area contributed by atoms with Crippen LogP contribution >= 0.6 is 0 Å². The molecule has 1 aliphatic heterocycles. The van der Waals surface area contributed by atoms with Crippen molar-refractivity contribution < 1.29 is 22.3 Å². The number of anilines is 1. The number of hydrogen-bond donors (Lipinski definition) is 1. The number of hydrogen-bond acceptors (Lipinski definition) is 4. The normalized spacial score (nSPS) is 16.4. The van der Waals surface area contributed by atoms with Crippen molar-refractivity contribution in [3.63, 3.8) is 0 Å². The van der Waals surface area contributed by atoms with Gasteiger partial charge >= 0.3 is 6.18 Å². The van der Waals surface area contributed by atoms with Crippen molar-refractivity contribution in [2.45, 2.75) is 12.1 Å². The first-order valence-corrected chi connectivity index (χ1v) is 7.89. The molecule has 3 rings (SSSR count). The van der Waals surface area contributed by atoms with Crippen LogP contribution in [0, 0.1) is 17.1 Å². The summed E-state index contributed by atoms with van der Waals surface area (Å²) in [6, 6.07) is 9.76. The number of benzene rings is 2. The van der Waals surface area contributed by atoms with E-state index in [9.17, 15) is 22.8 Å². The molecule has 0 saturated heterocycles. The minimum atomic E-state index is -4.86. The maximum Gasteiger partial charge on any atom is 0.419 e. The third-order valence-electron chi connectivity index (χ3n) is 4.36. The maximum absolute atomic E-state index is 14.7. The Morgan fingerprint density at radius 3 is 2.44 bits per heavy atom. The van der Waals surface area contributed by atoms with Crippen LogP contribution in [0.2, 0.25) is 0 Å². The Hall–Kier alpha value is -3.21. The minimum absolute atomic E-state index is 0.140. The lowest BCUT2D eigenvalue weighted by Gasteiger charge is -2.28. The number of alkyl halides is 3. The molecule has 0 fully saturated rings. The van der Waals surface area contributed by atoms with Gasteiger partial charge in [-0.15, -0.1) is 0 Å². The molecular weight excluding hydrogens is 362 g/mol. The van der Waals surface area contributed by atoms with Gasteiger partial charge in [0.05, 0.1) is 11.5 Å². The minimum Gasteiger partial charge on any atom is -0.440 e. The topological polar surface area (TPSA) is 62.3 Å². The molecule has 2 aromatic rings. The molecule has 2 N–H and O–H groups in total. The number of nitrogens with two attached hydrogens (primary N) is 1. The molecule has 8 heteroatoms. The van der Waals surface area contributed by atoms with Gasteiger partial charge in [-0.25, -0.2) is 4.39 Å². The Labute approximate surface area is 153 Å². The third kappa shape index (κ3) is 3.16. The van der Waals surface area contributed by atoms with Gasteiger partial charge in [-0.1, -0.05) is 18.2 Å². The predicted octanol–water partition coefficient (Wildman–Crippen LogP) is 4.13. The maximum atomic E-state index is 14.7. The van der Waals surface area contributed by atoms with Crippen molar-refractivity contribution in [2.24, 2.45) is 5.73 Å². The Morgan fingerprint density at radius 2 is 1.85 bits per heavy atom. The van der Waals surface area contributed by atoms with Crippen LogP contribution in [0.15, 0.2) is 47.9 Å². The number of nitrogens with zero attached hydrogens (tertiary/aromatic N) is 2. The molecule has 0 spiro atoms. The quantitative estimate of drug-likeness (QED) is 0.800. The summed E-state index contributed by atoms with van der Waals surface area (Å²) >= 11 is 0. The highest BCUT2D eigenvalue weighted by molar-refractivity contribution is 5.61. The van der Waals surface area contributed by atoms with Crippen LogP contribution in [0.25, 0.3) is 0 Å². The zero-order chi connectivity index (χ0) is 19.9. The Balaban J connectivity index is 2.25. The van der Waals surface area contributed by atoms with Crippen LogP contribution < -0.4 is 15.4 Å². The summed E-state index contributed by atoms with van der Waals surface area (Å²) in [5, 5.41) is 9.46. The fourth-order valence-corrected chi connectivity index (χ4v) is 3.03. The summed E-state index contributed by atoms with van der Waals surface area (Å²) in [5.41, 5.74) is 5.11. The van der Waals surface area contributed by atoms with Gasteiger partial charge in [-0.2, -0.15) is 18.4 Å². The van der Waals surface area contributed by atoms with E-state index in [0.29, 0.717) is 11.6 Å². The second-order valence-corrected chi connectivity index (χ2v) is 6.25. The number of halogens is 4. The van der Waals surface area contributed by atoms with Crippen LogP contribution in [0.4, 0.5) is 23.2 Å². The second kappa shape index (κ2) is 6.50. The van der Waals surface area contributed by atoms with Gasteiger partial charge in [0, 0.05) is 37.0 Å². The molecule has 0 amide bonds. The molecule has 27 heavy (non-hydrogen) atoms. The highest BCUT2D eigenvalue weighted by Crippen LogP contribution is 2.45. The number of nitriles is 1. The second-order valence-electron chi connectivity index (χ2n) is 6.25. The first kappa shape index (κ1) is 18.6.